The average Bonchev–Trinajstić information content (AvgIpc) is 4.05. The molecule has 0 aliphatic carbocycles. The van der Waals surface area contributed by atoms with Gasteiger partial charge in [0.1, 0.15) is 6.61 Å². The summed E-state index contributed by atoms with van der Waals surface area (Å²) < 4.78 is 29.5. The Hall–Kier alpha value is -1.93. The van der Waals surface area contributed by atoms with Gasteiger partial charge in [-0.15, -0.1) is 46.4 Å². The molecule has 5 aliphatic rings. The fourth-order valence-electron chi connectivity index (χ4n) is 8.91. The number of fused-ring (bicyclic) bond motifs is 2. The van der Waals surface area contributed by atoms with Gasteiger partial charge in [0.2, 0.25) is 0 Å². The summed E-state index contributed by atoms with van der Waals surface area (Å²) in [6.07, 6.45) is -0.625. The Morgan fingerprint density at radius 2 is 1.43 bits per heavy atom. The van der Waals surface area contributed by atoms with Crippen molar-refractivity contribution in [3.8, 4) is 0 Å². The number of nitrogens with one attached hydrogen (secondary N) is 1. The SMILES string of the molecule is CC(C)(C)[Si](O[C@H]1CO[C@H]([C@H](Cl)CCl)[C@@H]1N)(c1ccccc1)c1ccccc1.C[C@H]1CO[C@H]2[C@@H]1N(C(=O)OCc1ccccc1)C[C@H]2Cl.C[C@H]1CO[C@H]2[C@@H]1NC[C@H]2Cl. The van der Waals surface area contributed by atoms with E-state index >= 15 is 0 Å². The van der Waals surface area contributed by atoms with Gasteiger partial charge in [-0.3, -0.25) is 0 Å². The van der Waals surface area contributed by atoms with Crippen molar-refractivity contribution in [1.82, 2.24) is 10.2 Å². The van der Waals surface area contributed by atoms with Gasteiger partial charge < -0.3 is 39.3 Å². The number of nitrogens with two attached hydrogens (primary N) is 1. The third-order valence-corrected chi connectivity index (χ3v) is 18.7. The summed E-state index contributed by atoms with van der Waals surface area (Å²) in [6, 6.07) is 31.0. The molecule has 14 heteroatoms. The zero-order valence-electron chi connectivity index (χ0n) is 34.0. The molecule has 3 N–H and O–H groups in total. The Balaban J connectivity index is 0.000000163. The molecule has 0 radical (unpaired) electrons. The molecule has 0 spiro atoms. The number of amides is 1. The average molecular weight is 896 g/mol. The second-order valence-corrected chi connectivity index (χ2v) is 23.3. The van der Waals surface area contributed by atoms with Gasteiger partial charge in [0.15, 0.2) is 0 Å². The van der Waals surface area contributed by atoms with Crippen molar-refractivity contribution in [3.05, 3.63) is 96.6 Å². The summed E-state index contributed by atoms with van der Waals surface area (Å²) >= 11 is 24.5. The highest BCUT2D eigenvalue weighted by atomic mass is 35.5. The number of ether oxygens (including phenoxy) is 4. The van der Waals surface area contributed by atoms with Crippen LogP contribution in [-0.4, -0.2) is 117 Å². The molecular formula is C44H59Cl4N3O6Si. The monoisotopic (exact) mass is 893 g/mol. The highest BCUT2D eigenvalue weighted by Gasteiger charge is 2.54. The van der Waals surface area contributed by atoms with E-state index in [1.807, 2.05) is 42.5 Å². The van der Waals surface area contributed by atoms with Crippen LogP contribution in [0.15, 0.2) is 91.0 Å². The van der Waals surface area contributed by atoms with E-state index in [2.05, 4.69) is 88.5 Å². The van der Waals surface area contributed by atoms with E-state index in [0.29, 0.717) is 43.5 Å². The van der Waals surface area contributed by atoms with Crippen molar-refractivity contribution in [3.63, 3.8) is 0 Å². The molecule has 3 aromatic rings. The van der Waals surface area contributed by atoms with Crippen molar-refractivity contribution >= 4 is 71.2 Å². The molecule has 0 bridgehead atoms. The predicted octanol–water partition coefficient (Wildman–Crippen LogP) is 6.75. The van der Waals surface area contributed by atoms with E-state index < -0.39 is 8.32 Å². The molecule has 1 amide bonds. The molecule has 58 heavy (non-hydrogen) atoms. The highest BCUT2D eigenvalue weighted by Crippen LogP contribution is 2.39. The van der Waals surface area contributed by atoms with Crippen LogP contribution >= 0.6 is 46.4 Å². The number of nitrogens with zero attached hydrogens (tertiary/aromatic N) is 1. The Labute approximate surface area is 365 Å². The molecule has 5 saturated heterocycles. The maximum Gasteiger partial charge on any atom is 0.410 e. The summed E-state index contributed by atoms with van der Waals surface area (Å²) in [7, 11) is -2.67. The second-order valence-electron chi connectivity index (χ2n) is 17.1. The number of carbonyl (C=O) groups excluding carboxylic acids is 1. The van der Waals surface area contributed by atoms with Crippen molar-refractivity contribution in [1.29, 1.82) is 0 Å². The standard InChI is InChI=1S/C22H29Cl2NO2Si.C15H18ClNO3.C7H12ClNO/c1-22(2,3)28(16-10-6-4-7-11-16,17-12-8-5-9-13-17)27-19-15-26-21(20(19)25)18(24)14-23;1-10-8-19-14-12(16)7-17(13(10)14)15(18)20-9-11-5-3-2-4-6-11;1-4-3-10-7-5(8)2-9-6(4)7/h4-13,18-21H,14-15,25H2,1-3H3;2-6,10,12-14H,7-9H2,1H3;4-7,9H,2-3H2,1H3/t18-,19+,20-,21-;10-,12+,13+,14+;4-,5+,6+,7+/m100/s1. The van der Waals surface area contributed by atoms with Crippen LogP contribution in [0.4, 0.5) is 4.79 Å². The molecule has 5 heterocycles. The summed E-state index contributed by atoms with van der Waals surface area (Å²) in [5, 5.41) is 5.42. The normalized spacial score (nSPS) is 32.0. The molecular weight excluding hydrogens is 836 g/mol. The molecule has 0 saturated carbocycles. The van der Waals surface area contributed by atoms with Gasteiger partial charge in [0.25, 0.3) is 8.32 Å². The van der Waals surface area contributed by atoms with Gasteiger partial charge in [-0.1, -0.05) is 126 Å². The third kappa shape index (κ3) is 10.1. The molecule has 0 unspecified atom stereocenters. The number of alkyl halides is 4. The van der Waals surface area contributed by atoms with Gasteiger partial charge in [-0.25, -0.2) is 4.79 Å². The van der Waals surface area contributed by atoms with Crippen molar-refractivity contribution < 1.29 is 28.2 Å². The molecule has 3 aromatic carbocycles. The number of hydrogen-bond acceptors (Lipinski definition) is 8. The van der Waals surface area contributed by atoms with E-state index in [1.54, 1.807) is 4.90 Å². The first-order valence-electron chi connectivity index (χ1n) is 20.3. The lowest BCUT2D eigenvalue weighted by Gasteiger charge is -2.45. The molecule has 9 nitrogen and oxygen atoms in total. The Bertz CT molecular complexity index is 1680. The van der Waals surface area contributed by atoms with Crippen LogP contribution in [0.25, 0.3) is 0 Å². The molecule has 0 aromatic heterocycles. The molecule has 12 atom stereocenters. The number of likely N-dealkylation sites (tertiary alicyclic amines) is 1. The number of rotatable bonds is 8. The van der Waals surface area contributed by atoms with Crippen LogP contribution in [0, 0.1) is 11.8 Å². The minimum Gasteiger partial charge on any atom is -0.445 e. The van der Waals surface area contributed by atoms with E-state index in [1.165, 1.54) is 10.4 Å². The number of carbonyl (C=O) groups is 1. The minimum absolute atomic E-state index is 0.0424. The van der Waals surface area contributed by atoms with Gasteiger partial charge in [-0.05, 0) is 26.9 Å². The van der Waals surface area contributed by atoms with Crippen LogP contribution in [0.1, 0.15) is 40.2 Å². The first kappa shape index (κ1) is 45.6. The smallest absolute Gasteiger partial charge is 0.410 e. The topological polar surface area (TPSA) is 105 Å². The fraction of sp³-hybridized carbons (Fsp3) is 0.568. The van der Waals surface area contributed by atoms with Crippen LogP contribution in [-0.2, 0) is 30.0 Å². The quantitative estimate of drug-likeness (QED) is 0.189. The minimum atomic E-state index is -2.67. The summed E-state index contributed by atoms with van der Waals surface area (Å²) in [5.74, 6) is 1.23. The summed E-state index contributed by atoms with van der Waals surface area (Å²) in [6.45, 7) is 14.7. The van der Waals surface area contributed by atoms with Gasteiger partial charge >= 0.3 is 6.09 Å². The lowest BCUT2D eigenvalue weighted by atomic mass is 10.0. The number of benzene rings is 3. The highest BCUT2D eigenvalue weighted by molar-refractivity contribution is 6.99. The zero-order valence-corrected chi connectivity index (χ0v) is 38.0. The molecule has 5 aliphatic heterocycles. The number of hydrogen-bond donors (Lipinski definition) is 2. The Morgan fingerprint density at radius 1 is 0.862 bits per heavy atom. The zero-order chi connectivity index (χ0) is 41.6. The maximum atomic E-state index is 12.2. The van der Waals surface area contributed by atoms with Gasteiger partial charge in [0.05, 0.1) is 72.5 Å². The lowest BCUT2D eigenvalue weighted by molar-refractivity contribution is 0.0805. The van der Waals surface area contributed by atoms with Gasteiger partial charge in [-0.2, -0.15) is 0 Å². The van der Waals surface area contributed by atoms with Crippen molar-refractivity contribution in [2.24, 2.45) is 17.6 Å². The lowest BCUT2D eigenvalue weighted by Crippen LogP contribution is -2.69. The van der Waals surface area contributed by atoms with Crippen LogP contribution < -0.4 is 21.4 Å². The van der Waals surface area contributed by atoms with Crippen molar-refractivity contribution in [2.45, 2.75) is 105 Å². The van der Waals surface area contributed by atoms with Crippen LogP contribution in [0.3, 0.4) is 0 Å². The Morgan fingerprint density at radius 3 is 2.00 bits per heavy atom. The van der Waals surface area contributed by atoms with E-state index in [0.717, 1.165) is 18.7 Å². The first-order chi connectivity index (χ1) is 27.8. The maximum absolute atomic E-state index is 12.2. The van der Waals surface area contributed by atoms with Crippen molar-refractivity contribution in [2.75, 3.05) is 38.8 Å². The largest absolute Gasteiger partial charge is 0.445 e. The Kier molecular flexibility index (Phi) is 16.0. The first-order valence-corrected chi connectivity index (χ1v) is 24.1. The molecule has 318 valence electrons. The van der Waals surface area contributed by atoms with E-state index in [-0.39, 0.29) is 70.4 Å². The van der Waals surface area contributed by atoms with E-state index in [9.17, 15) is 4.79 Å². The number of halogens is 4. The third-order valence-electron chi connectivity index (χ3n) is 11.9. The summed E-state index contributed by atoms with van der Waals surface area (Å²) in [5.41, 5.74) is 7.52. The van der Waals surface area contributed by atoms with Crippen LogP contribution in [0.5, 0.6) is 0 Å². The fourth-order valence-corrected chi connectivity index (χ4v) is 14.7. The van der Waals surface area contributed by atoms with E-state index in [4.69, 9.17) is 75.5 Å². The second kappa shape index (κ2) is 20.3. The predicted molar refractivity (Wildman–Crippen MR) is 237 cm³/mol. The van der Waals surface area contributed by atoms with Gasteiger partial charge in [0, 0.05) is 30.9 Å². The van der Waals surface area contributed by atoms with Crippen LogP contribution in [0.2, 0.25) is 5.04 Å². The molecule has 8 rings (SSSR count). The molecule has 5 fully saturated rings. The summed E-state index contributed by atoms with van der Waals surface area (Å²) in [4.78, 5) is 14.0.